The summed E-state index contributed by atoms with van der Waals surface area (Å²) < 4.78 is 5.06. The van der Waals surface area contributed by atoms with Gasteiger partial charge >= 0.3 is 0 Å². The Morgan fingerprint density at radius 2 is 1.95 bits per heavy atom. The van der Waals surface area contributed by atoms with Gasteiger partial charge in [-0.3, -0.25) is 4.79 Å². The number of hydrogen-bond acceptors (Lipinski definition) is 5. The fourth-order valence-corrected chi connectivity index (χ4v) is 1.53. The van der Waals surface area contributed by atoms with Crippen LogP contribution in [0, 0.1) is 0 Å². The summed E-state index contributed by atoms with van der Waals surface area (Å²) in [5.74, 6) is 0.546. The first-order valence-corrected chi connectivity index (χ1v) is 5.68. The van der Waals surface area contributed by atoms with Gasteiger partial charge in [-0.2, -0.15) is 0 Å². The maximum atomic E-state index is 11.8. The van der Waals surface area contributed by atoms with Crippen molar-refractivity contribution >= 4 is 11.7 Å². The van der Waals surface area contributed by atoms with E-state index in [1.165, 1.54) is 12.4 Å². The Balaban J connectivity index is 1.98. The third-order valence-corrected chi connectivity index (χ3v) is 2.55. The van der Waals surface area contributed by atoms with Crippen LogP contribution < -0.4 is 15.8 Å². The van der Waals surface area contributed by atoms with Gasteiger partial charge in [-0.15, -0.1) is 0 Å². The van der Waals surface area contributed by atoms with Crippen LogP contribution in [0.15, 0.2) is 36.7 Å². The van der Waals surface area contributed by atoms with E-state index in [1.807, 2.05) is 24.3 Å². The van der Waals surface area contributed by atoms with E-state index in [0.29, 0.717) is 6.54 Å². The van der Waals surface area contributed by atoms with Gasteiger partial charge in [0.2, 0.25) is 0 Å². The van der Waals surface area contributed by atoms with E-state index in [1.54, 1.807) is 7.11 Å². The molecule has 0 saturated carbocycles. The summed E-state index contributed by atoms with van der Waals surface area (Å²) >= 11 is 0. The van der Waals surface area contributed by atoms with Gasteiger partial charge in [0.25, 0.3) is 5.91 Å². The molecule has 0 radical (unpaired) electrons. The van der Waals surface area contributed by atoms with Crippen molar-refractivity contribution in [1.29, 1.82) is 0 Å². The molecule has 0 spiro atoms. The molecule has 0 aliphatic carbocycles. The first-order valence-electron chi connectivity index (χ1n) is 5.68. The SMILES string of the molecule is COc1ccc(CNC(=O)c2nccnc2N)cc1. The van der Waals surface area contributed by atoms with Gasteiger partial charge in [-0.1, -0.05) is 12.1 Å². The second-order valence-corrected chi connectivity index (χ2v) is 3.82. The summed E-state index contributed by atoms with van der Waals surface area (Å²) in [5.41, 5.74) is 6.67. The number of ether oxygens (including phenoxy) is 1. The van der Waals surface area contributed by atoms with Crippen LogP contribution in [0.5, 0.6) is 5.75 Å². The second kappa shape index (κ2) is 5.81. The molecule has 98 valence electrons. The number of nitrogens with one attached hydrogen (secondary N) is 1. The first-order chi connectivity index (χ1) is 9.20. The molecule has 19 heavy (non-hydrogen) atoms. The molecule has 3 N–H and O–H groups in total. The Labute approximate surface area is 110 Å². The summed E-state index contributed by atoms with van der Waals surface area (Å²) in [6.07, 6.45) is 2.87. The molecule has 1 amide bonds. The fourth-order valence-electron chi connectivity index (χ4n) is 1.53. The van der Waals surface area contributed by atoms with Gasteiger partial charge < -0.3 is 15.8 Å². The van der Waals surface area contributed by atoms with Gasteiger partial charge in [0.15, 0.2) is 11.5 Å². The molecule has 0 aliphatic rings. The maximum Gasteiger partial charge on any atom is 0.273 e. The van der Waals surface area contributed by atoms with Crippen molar-refractivity contribution < 1.29 is 9.53 Å². The number of hydrogen-bond donors (Lipinski definition) is 2. The number of aromatic nitrogens is 2. The van der Waals surface area contributed by atoms with Gasteiger partial charge in [0.1, 0.15) is 5.75 Å². The molecule has 2 rings (SSSR count). The summed E-state index contributed by atoms with van der Waals surface area (Å²) in [4.78, 5) is 19.6. The number of anilines is 1. The zero-order valence-electron chi connectivity index (χ0n) is 10.5. The monoisotopic (exact) mass is 258 g/mol. The van der Waals surface area contributed by atoms with E-state index >= 15 is 0 Å². The molecular formula is C13H14N4O2. The van der Waals surface area contributed by atoms with Crippen molar-refractivity contribution in [1.82, 2.24) is 15.3 Å². The van der Waals surface area contributed by atoms with Crippen LogP contribution in [0.4, 0.5) is 5.82 Å². The lowest BCUT2D eigenvalue weighted by atomic mass is 10.2. The molecule has 0 saturated heterocycles. The smallest absolute Gasteiger partial charge is 0.273 e. The number of nitrogens with zero attached hydrogens (tertiary/aromatic N) is 2. The second-order valence-electron chi connectivity index (χ2n) is 3.82. The molecule has 6 nitrogen and oxygen atoms in total. The normalized spacial score (nSPS) is 9.95. The zero-order chi connectivity index (χ0) is 13.7. The van der Waals surface area contributed by atoms with Crippen molar-refractivity contribution in [2.45, 2.75) is 6.54 Å². The number of nitrogens with two attached hydrogens (primary N) is 1. The van der Waals surface area contributed by atoms with Crippen LogP contribution in [0.2, 0.25) is 0 Å². The van der Waals surface area contributed by atoms with E-state index in [9.17, 15) is 4.79 Å². The molecule has 1 aromatic heterocycles. The fraction of sp³-hybridized carbons (Fsp3) is 0.154. The van der Waals surface area contributed by atoms with Gasteiger partial charge in [0, 0.05) is 18.9 Å². The predicted molar refractivity (Wildman–Crippen MR) is 70.6 cm³/mol. The van der Waals surface area contributed by atoms with E-state index in [0.717, 1.165) is 11.3 Å². The molecule has 1 heterocycles. The minimum absolute atomic E-state index is 0.120. The molecule has 1 aromatic carbocycles. The maximum absolute atomic E-state index is 11.8. The van der Waals surface area contributed by atoms with E-state index in [4.69, 9.17) is 10.5 Å². The summed E-state index contributed by atoms with van der Waals surface area (Å²) in [6, 6.07) is 7.41. The largest absolute Gasteiger partial charge is 0.497 e. The zero-order valence-corrected chi connectivity index (χ0v) is 10.5. The minimum atomic E-state index is -0.346. The first kappa shape index (κ1) is 12.8. The Hall–Kier alpha value is -2.63. The van der Waals surface area contributed by atoms with Crippen LogP contribution in [-0.4, -0.2) is 23.0 Å². The van der Waals surface area contributed by atoms with Gasteiger partial charge in [-0.05, 0) is 17.7 Å². The van der Waals surface area contributed by atoms with Crippen molar-refractivity contribution in [3.63, 3.8) is 0 Å². The van der Waals surface area contributed by atoms with Crippen molar-refractivity contribution in [2.24, 2.45) is 0 Å². The Morgan fingerprint density at radius 1 is 1.26 bits per heavy atom. The molecule has 0 atom stereocenters. The lowest BCUT2D eigenvalue weighted by Gasteiger charge is -2.06. The molecule has 2 aromatic rings. The summed E-state index contributed by atoms with van der Waals surface area (Å²) in [6.45, 7) is 0.388. The molecule has 6 heteroatoms. The van der Waals surface area contributed by atoms with Crippen LogP contribution in [0.3, 0.4) is 0 Å². The van der Waals surface area contributed by atoms with Gasteiger partial charge in [0.05, 0.1) is 7.11 Å². The number of methoxy groups -OCH3 is 1. The lowest BCUT2D eigenvalue weighted by Crippen LogP contribution is -2.25. The Morgan fingerprint density at radius 3 is 2.58 bits per heavy atom. The highest BCUT2D eigenvalue weighted by atomic mass is 16.5. The van der Waals surface area contributed by atoms with Crippen LogP contribution in [0.1, 0.15) is 16.1 Å². The topological polar surface area (TPSA) is 90.1 Å². The van der Waals surface area contributed by atoms with Crippen LogP contribution in [0.25, 0.3) is 0 Å². The van der Waals surface area contributed by atoms with E-state index in [-0.39, 0.29) is 17.4 Å². The number of nitrogen functional groups attached to an aromatic ring is 1. The third-order valence-electron chi connectivity index (χ3n) is 2.55. The highest BCUT2D eigenvalue weighted by Crippen LogP contribution is 2.11. The minimum Gasteiger partial charge on any atom is -0.497 e. The standard InChI is InChI=1S/C13H14N4O2/c1-19-10-4-2-9(3-5-10)8-17-13(18)11-12(14)16-7-6-15-11/h2-7H,8H2,1H3,(H2,14,16)(H,17,18). The van der Waals surface area contributed by atoms with Gasteiger partial charge in [-0.25, -0.2) is 9.97 Å². The van der Waals surface area contributed by atoms with Crippen molar-refractivity contribution in [3.05, 3.63) is 47.9 Å². The van der Waals surface area contributed by atoms with Crippen LogP contribution in [-0.2, 0) is 6.54 Å². The Kier molecular flexibility index (Phi) is 3.92. The van der Waals surface area contributed by atoms with Crippen molar-refractivity contribution in [3.8, 4) is 5.75 Å². The molecule has 0 unspecified atom stereocenters. The summed E-state index contributed by atoms with van der Waals surface area (Å²) in [5, 5.41) is 2.73. The number of rotatable bonds is 4. The van der Waals surface area contributed by atoms with Crippen molar-refractivity contribution in [2.75, 3.05) is 12.8 Å². The Bertz CT molecular complexity index is 569. The quantitative estimate of drug-likeness (QED) is 0.853. The lowest BCUT2D eigenvalue weighted by molar-refractivity contribution is 0.0946. The number of amides is 1. The average molecular weight is 258 g/mol. The molecule has 0 bridgehead atoms. The molecule has 0 aliphatic heterocycles. The number of carbonyl (C=O) groups excluding carboxylic acids is 1. The van der Waals surface area contributed by atoms with Crippen LogP contribution >= 0.6 is 0 Å². The summed E-state index contributed by atoms with van der Waals surface area (Å²) in [7, 11) is 1.60. The average Bonchev–Trinajstić information content (AvgIpc) is 2.46. The van der Waals surface area contributed by atoms with E-state index < -0.39 is 0 Å². The molecular weight excluding hydrogens is 244 g/mol. The highest BCUT2D eigenvalue weighted by Gasteiger charge is 2.11. The highest BCUT2D eigenvalue weighted by molar-refractivity contribution is 5.96. The van der Waals surface area contributed by atoms with E-state index in [2.05, 4.69) is 15.3 Å². The third kappa shape index (κ3) is 3.19. The number of carbonyl (C=O) groups is 1. The predicted octanol–water partition coefficient (Wildman–Crippen LogP) is 0.997. The number of benzene rings is 1. The molecule has 0 fully saturated rings.